The lowest BCUT2D eigenvalue weighted by molar-refractivity contribution is -0.137. The quantitative estimate of drug-likeness (QED) is 0.901. The average molecular weight is 365 g/mol. The SMILES string of the molecule is O=C(NCCC(=O)N1CCCC2CCCCC21)c1cnc2ccccc2c1. The van der Waals surface area contributed by atoms with E-state index in [1.54, 1.807) is 6.20 Å². The highest BCUT2D eigenvalue weighted by atomic mass is 16.2. The summed E-state index contributed by atoms with van der Waals surface area (Å²) in [5.74, 6) is 0.702. The van der Waals surface area contributed by atoms with Gasteiger partial charge in [0.05, 0.1) is 11.1 Å². The van der Waals surface area contributed by atoms with E-state index in [1.807, 2.05) is 30.3 Å². The molecule has 2 heterocycles. The lowest BCUT2D eigenvalue weighted by atomic mass is 9.78. The average Bonchev–Trinajstić information content (AvgIpc) is 2.72. The first-order valence-corrected chi connectivity index (χ1v) is 10.1. The summed E-state index contributed by atoms with van der Waals surface area (Å²) in [6.45, 7) is 1.25. The predicted molar refractivity (Wildman–Crippen MR) is 105 cm³/mol. The first-order valence-electron chi connectivity index (χ1n) is 10.1. The van der Waals surface area contributed by atoms with Crippen LogP contribution in [0, 0.1) is 5.92 Å². The van der Waals surface area contributed by atoms with Crippen molar-refractivity contribution >= 4 is 22.7 Å². The normalized spacial score (nSPS) is 22.3. The van der Waals surface area contributed by atoms with Gasteiger partial charge in [-0.2, -0.15) is 0 Å². The van der Waals surface area contributed by atoms with Crippen molar-refractivity contribution in [2.24, 2.45) is 5.92 Å². The maximum Gasteiger partial charge on any atom is 0.252 e. The zero-order valence-electron chi connectivity index (χ0n) is 15.7. The number of fused-ring (bicyclic) bond motifs is 2. The van der Waals surface area contributed by atoms with E-state index in [0.29, 0.717) is 30.5 Å². The maximum atomic E-state index is 12.7. The van der Waals surface area contributed by atoms with Gasteiger partial charge in [0.15, 0.2) is 0 Å². The standard InChI is InChI=1S/C22H27N3O2/c26-21(25-13-5-8-16-6-2-4-10-20(16)25)11-12-23-22(27)18-14-17-7-1-3-9-19(17)24-15-18/h1,3,7,9,14-16,20H,2,4-6,8,10-13H2,(H,23,27). The fraction of sp³-hybridized carbons (Fsp3) is 0.500. The van der Waals surface area contributed by atoms with E-state index in [0.717, 1.165) is 30.3 Å². The summed E-state index contributed by atoms with van der Waals surface area (Å²) in [5.41, 5.74) is 1.41. The molecule has 2 aromatic rings. The van der Waals surface area contributed by atoms with E-state index in [-0.39, 0.29) is 11.8 Å². The minimum absolute atomic E-state index is 0.171. The molecule has 0 bridgehead atoms. The van der Waals surface area contributed by atoms with Crippen molar-refractivity contribution in [1.82, 2.24) is 15.2 Å². The third kappa shape index (κ3) is 3.97. The van der Waals surface area contributed by atoms with E-state index in [2.05, 4.69) is 15.2 Å². The molecule has 1 aliphatic heterocycles. The molecule has 142 valence electrons. The van der Waals surface area contributed by atoms with Crippen molar-refractivity contribution in [2.75, 3.05) is 13.1 Å². The van der Waals surface area contributed by atoms with E-state index in [9.17, 15) is 9.59 Å². The molecule has 1 aromatic heterocycles. The molecule has 1 saturated heterocycles. The summed E-state index contributed by atoms with van der Waals surface area (Å²) < 4.78 is 0. The highest BCUT2D eigenvalue weighted by Crippen LogP contribution is 2.35. The van der Waals surface area contributed by atoms with Crippen LogP contribution < -0.4 is 5.32 Å². The zero-order valence-corrected chi connectivity index (χ0v) is 15.7. The summed E-state index contributed by atoms with van der Waals surface area (Å²) in [5, 5.41) is 3.82. The van der Waals surface area contributed by atoms with Gasteiger partial charge >= 0.3 is 0 Å². The fourth-order valence-corrected chi connectivity index (χ4v) is 4.66. The van der Waals surface area contributed by atoms with Gasteiger partial charge in [-0.1, -0.05) is 31.0 Å². The molecule has 5 nitrogen and oxygen atoms in total. The van der Waals surface area contributed by atoms with E-state index in [4.69, 9.17) is 0 Å². The number of para-hydroxylation sites is 1. The van der Waals surface area contributed by atoms with Crippen molar-refractivity contribution in [3.8, 4) is 0 Å². The molecule has 1 aliphatic carbocycles. The predicted octanol–water partition coefficient (Wildman–Crippen LogP) is 3.54. The van der Waals surface area contributed by atoms with Gasteiger partial charge in [-0.15, -0.1) is 0 Å². The molecule has 2 aliphatic rings. The van der Waals surface area contributed by atoms with Gasteiger partial charge in [-0.3, -0.25) is 14.6 Å². The number of nitrogens with one attached hydrogen (secondary N) is 1. The molecule has 0 radical (unpaired) electrons. The number of benzene rings is 1. The summed E-state index contributed by atoms with van der Waals surface area (Å²) in [7, 11) is 0. The minimum Gasteiger partial charge on any atom is -0.351 e. The number of carbonyl (C=O) groups excluding carboxylic acids is 2. The van der Waals surface area contributed by atoms with Gasteiger partial charge in [0.1, 0.15) is 0 Å². The Morgan fingerprint density at radius 3 is 2.85 bits per heavy atom. The van der Waals surface area contributed by atoms with Gasteiger partial charge < -0.3 is 10.2 Å². The molecule has 5 heteroatoms. The number of amides is 2. The second-order valence-electron chi connectivity index (χ2n) is 7.76. The summed E-state index contributed by atoms with van der Waals surface area (Å²) in [4.78, 5) is 31.5. The molecular weight excluding hydrogens is 338 g/mol. The zero-order chi connectivity index (χ0) is 18.6. The van der Waals surface area contributed by atoms with Crippen molar-refractivity contribution < 1.29 is 9.59 Å². The Hall–Kier alpha value is -2.43. The topological polar surface area (TPSA) is 62.3 Å². The summed E-state index contributed by atoms with van der Waals surface area (Å²) >= 11 is 0. The second kappa shape index (κ2) is 8.07. The summed E-state index contributed by atoms with van der Waals surface area (Å²) in [6.07, 6.45) is 9.29. The maximum absolute atomic E-state index is 12.7. The Bertz CT molecular complexity index is 833. The Morgan fingerprint density at radius 1 is 1.11 bits per heavy atom. The number of likely N-dealkylation sites (tertiary alicyclic amines) is 1. The molecule has 4 rings (SSSR count). The second-order valence-corrected chi connectivity index (χ2v) is 7.76. The molecule has 27 heavy (non-hydrogen) atoms. The molecule has 1 aromatic carbocycles. The monoisotopic (exact) mass is 365 g/mol. The number of hydrogen-bond donors (Lipinski definition) is 1. The Morgan fingerprint density at radius 2 is 1.93 bits per heavy atom. The number of hydrogen-bond acceptors (Lipinski definition) is 3. The van der Waals surface area contributed by atoms with Crippen molar-refractivity contribution in [1.29, 1.82) is 0 Å². The van der Waals surface area contributed by atoms with Crippen LogP contribution >= 0.6 is 0 Å². The van der Waals surface area contributed by atoms with Gasteiger partial charge in [-0.25, -0.2) is 0 Å². The minimum atomic E-state index is -0.171. The fourth-order valence-electron chi connectivity index (χ4n) is 4.66. The van der Waals surface area contributed by atoms with Crippen LogP contribution in [0.3, 0.4) is 0 Å². The molecule has 2 unspecified atom stereocenters. The van der Waals surface area contributed by atoms with Crippen LogP contribution in [0.4, 0.5) is 0 Å². The van der Waals surface area contributed by atoms with Crippen molar-refractivity contribution in [3.63, 3.8) is 0 Å². The summed E-state index contributed by atoms with van der Waals surface area (Å²) in [6, 6.07) is 10.0. The smallest absolute Gasteiger partial charge is 0.252 e. The highest BCUT2D eigenvalue weighted by Gasteiger charge is 2.35. The van der Waals surface area contributed by atoms with E-state index < -0.39 is 0 Å². The molecule has 1 saturated carbocycles. The Labute approximate surface area is 160 Å². The Balaban J connectivity index is 1.31. The third-order valence-corrected chi connectivity index (χ3v) is 6.04. The number of pyridine rings is 1. The van der Waals surface area contributed by atoms with Crippen LogP contribution in [0.25, 0.3) is 10.9 Å². The van der Waals surface area contributed by atoms with Crippen LogP contribution in [-0.2, 0) is 4.79 Å². The van der Waals surface area contributed by atoms with Crippen LogP contribution in [-0.4, -0.2) is 40.8 Å². The first kappa shape index (κ1) is 18.0. The number of aromatic nitrogens is 1. The van der Waals surface area contributed by atoms with Crippen LogP contribution in [0.5, 0.6) is 0 Å². The lowest BCUT2D eigenvalue weighted by Gasteiger charge is -2.44. The number of carbonyl (C=O) groups is 2. The molecular formula is C22H27N3O2. The molecule has 1 N–H and O–H groups in total. The van der Waals surface area contributed by atoms with Crippen LogP contribution in [0.1, 0.15) is 55.3 Å². The van der Waals surface area contributed by atoms with Gasteiger partial charge in [0.2, 0.25) is 5.91 Å². The lowest BCUT2D eigenvalue weighted by Crippen LogP contribution is -2.50. The number of nitrogens with zero attached hydrogens (tertiary/aromatic N) is 2. The number of piperidine rings is 1. The number of rotatable bonds is 4. The van der Waals surface area contributed by atoms with Crippen molar-refractivity contribution in [3.05, 3.63) is 42.1 Å². The van der Waals surface area contributed by atoms with Crippen LogP contribution in [0.2, 0.25) is 0 Å². The van der Waals surface area contributed by atoms with Gasteiger partial charge in [0, 0.05) is 37.1 Å². The molecule has 2 amide bonds. The van der Waals surface area contributed by atoms with E-state index in [1.165, 1.54) is 25.7 Å². The van der Waals surface area contributed by atoms with Crippen LogP contribution in [0.15, 0.2) is 36.5 Å². The third-order valence-electron chi connectivity index (χ3n) is 6.04. The largest absolute Gasteiger partial charge is 0.351 e. The van der Waals surface area contributed by atoms with Gasteiger partial charge in [-0.05, 0) is 43.7 Å². The van der Waals surface area contributed by atoms with E-state index >= 15 is 0 Å². The molecule has 0 spiro atoms. The van der Waals surface area contributed by atoms with Gasteiger partial charge in [0.25, 0.3) is 5.91 Å². The first-order chi connectivity index (χ1) is 13.2. The van der Waals surface area contributed by atoms with Crippen molar-refractivity contribution in [2.45, 2.75) is 51.0 Å². The Kier molecular flexibility index (Phi) is 5.37. The molecule has 2 atom stereocenters. The molecule has 2 fully saturated rings. The highest BCUT2D eigenvalue weighted by molar-refractivity contribution is 5.97.